The second kappa shape index (κ2) is 7.24. The number of nitrogen functional groups attached to an aromatic ring is 1. The van der Waals surface area contributed by atoms with Gasteiger partial charge in [-0.05, 0) is 44.7 Å². The molecular formula is C21H26N4O2. The minimum atomic E-state index is -0.170. The zero-order valence-corrected chi connectivity index (χ0v) is 15.5. The number of aromatic nitrogens is 1. The predicted octanol–water partition coefficient (Wildman–Crippen LogP) is 3.42. The van der Waals surface area contributed by atoms with Gasteiger partial charge in [0, 0.05) is 53.3 Å². The number of nitrogens with zero attached hydrogens (tertiary/aromatic N) is 3. The summed E-state index contributed by atoms with van der Waals surface area (Å²) in [4.78, 5) is 7.25. The molecule has 1 aromatic heterocycles. The van der Waals surface area contributed by atoms with Crippen molar-refractivity contribution >= 4 is 16.6 Å². The van der Waals surface area contributed by atoms with E-state index in [2.05, 4.69) is 11.0 Å². The van der Waals surface area contributed by atoms with Gasteiger partial charge < -0.3 is 15.9 Å². The van der Waals surface area contributed by atoms with E-state index in [1.54, 1.807) is 0 Å². The molecule has 0 amide bonds. The first-order valence-corrected chi connectivity index (χ1v) is 9.85. The summed E-state index contributed by atoms with van der Waals surface area (Å²) in [5.74, 6) is -0.0334. The van der Waals surface area contributed by atoms with E-state index in [9.17, 15) is 10.2 Å². The van der Waals surface area contributed by atoms with Crippen LogP contribution < -0.4 is 5.73 Å². The number of benzene rings is 1. The van der Waals surface area contributed by atoms with Crippen molar-refractivity contribution in [1.29, 1.82) is 5.26 Å². The van der Waals surface area contributed by atoms with Gasteiger partial charge in [-0.15, -0.1) is 0 Å². The molecule has 1 aromatic carbocycles. The summed E-state index contributed by atoms with van der Waals surface area (Å²) in [5.41, 5.74) is 10.0. The van der Waals surface area contributed by atoms with Crippen molar-refractivity contribution in [2.24, 2.45) is 0 Å². The molecule has 0 bridgehead atoms. The van der Waals surface area contributed by atoms with E-state index < -0.39 is 0 Å². The monoisotopic (exact) mass is 366 g/mol. The third-order valence-corrected chi connectivity index (χ3v) is 6.18. The van der Waals surface area contributed by atoms with Crippen LogP contribution in [0.5, 0.6) is 11.5 Å². The Labute approximate surface area is 159 Å². The Morgan fingerprint density at radius 2 is 2.00 bits per heavy atom. The molecule has 0 saturated carbocycles. The number of nitrogens with two attached hydrogens (primary N) is 1. The Bertz CT molecular complexity index is 905. The van der Waals surface area contributed by atoms with E-state index in [4.69, 9.17) is 16.0 Å². The third kappa shape index (κ3) is 3.17. The molecule has 4 N–H and O–H groups in total. The van der Waals surface area contributed by atoms with Crippen molar-refractivity contribution < 1.29 is 10.2 Å². The summed E-state index contributed by atoms with van der Waals surface area (Å²) in [5, 5.41) is 29.5. The van der Waals surface area contributed by atoms with Gasteiger partial charge in [0.1, 0.15) is 0 Å². The fourth-order valence-electron chi connectivity index (χ4n) is 4.95. The van der Waals surface area contributed by atoms with Crippen molar-refractivity contribution in [3.8, 4) is 17.6 Å². The first-order valence-electron chi connectivity index (χ1n) is 9.85. The van der Waals surface area contributed by atoms with Crippen molar-refractivity contribution in [3.63, 3.8) is 0 Å². The molecule has 1 saturated heterocycles. The smallest absolute Gasteiger partial charge is 0.159 e. The third-order valence-electron chi connectivity index (χ3n) is 6.18. The topological polar surface area (TPSA) is 106 Å². The van der Waals surface area contributed by atoms with Gasteiger partial charge in [-0.25, -0.2) is 0 Å². The first-order chi connectivity index (χ1) is 13.1. The molecule has 4 rings (SSSR count). The fourth-order valence-corrected chi connectivity index (χ4v) is 4.95. The zero-order chi connectivity index (χ0) is 19.0. The number of aromatic hydroxyl groups is 2. The quantitative estimate of drug-likeness (QED) is 0.719. The van der Waals surface area contributed by atoms with Gasteiger partial charge in [0.15, 0.2) is 11.5 Å². The minimum absolute atomic E-state index is 0.170. The van der Waals surface area contributed by atoms with E-state index >= 15 is 0 Å². The van der Waals surface area contributed by atoms with Gasteiger partial charge in [0.05, 0.1) is 11.6 Å². The summed E-state index contributed by atoms with van der Waals surface area (Å²) in [6.07, 6.45) is 7.08. The second-order valence-electron chi connectivity index (χ2n) is 7.75. The molecule has 2 aromatic rings. The van der Waals surface area contributed by atoms with Gasteiger partial charge in [-0.2, -0.15) is 5.26 Å². The van der Waals surface area contributed by atoms with E-state index in [0.717, 1.165) is 50.0 Å². The fraction of sp³-hybridized carbons (Fsp3) is 0.524. The molecule has 1 fully saturated rings. The molecule has 1 aliphatic heterocycles. The molecular weight excluding hydrogens is 340 g/mol. The number of phenolic OH excluding ortho intramolecular Hbond substituents is 2. The molecule has 1 aliphatic carbocycles. The lowest BCUT2D eigenvalue weighted by molar-refractivity contribution is 0.121. The highest BCUT2D eigenvalue weighted by Crippen LogP contribution is 2.44. The number of anilines is 1. The summed E-state index contributed by atoms with van der Waals surface area (Å²) in [6.45, 7) is 1.84. The van der Waals surface area contributed by atoms with Gasteiger partial charge in [-0.3, -0.25) is 9.88 Å². The average Bonchev–Trinajstić information content (AvgIpc) is 2.68. The highest BCUT2D eigenvalue weighted by molar-refractivity contribution is 5.94. The van der Waals surface area contributed by atoms with Crippen molar-refractivity contribution in [1.82, 2.24) is 9.88 Å². The highest BCUT2D eigenvalue weighted by Gasteiger charge is 2.35. The molecule has 0 radical (unpaired) electrons. The van der Waals surface area contributed by atoms with Crippen LogP contribution in [0.2, 0.25) is 0 Å². The van der Waals surface area contributed by atoms with Crippen LogP contribution in [-0.2, 0) is 6.42 Å². The zero-order valence-electron chi connectivity index (χ0n) is 15.5. The highest BCUT2D eigenvalue weighted by atomic mass is 16.3. The number of piperidine rings is 1. The van der Waals surface area contributed by atoms with Crippen LogP contribution in [0.1, 0.15) is 55.7 Å². The molecule has 6 nitrogen and oxygen atoms in total. The van der Waals surface area contributed by atoms with Crippen LogP contribution in [0.15, 0.2) is 12.1 Å². The maximum absolute atomic E-state index is 9.93. The molecule has 6 heteroatoms. The minimum Gasteiger partial charge on any atom is -0.504 e. The van der Waals surface area contributed by atoms with Gasteiger partial charge in [0.25, 0.3) is 0 Å². The lowest BCUT2D eigenvalue weighted by Crippen LogP contribution is -2.44. The number of aryl methyl sites for hydroxylation is 1. The first kappa shape index (κ1) is 17.9. The lowest BCUT2D eigenvalue weighted by atomic mass is 9.76. The van der Waals surface area contributed by atoms with E-state index in [1.165, 1.54) is 25.0 Å². The molecule has 142 valence electrons. The maximum Gasteiger partial charge on any atom is 0.159 e. The standard InChI is InChI=1S/C21H26N4O2/c22-8-4-10-25-9-2-1-7-17(25)13-5-3-6-15-20(13)21(23)14-11-18(26)19(27)12-16(14)24-15/h11-13,17,26-27H,1-7,9-10H2,(H2,23,24). The summed E-state index contributed by atoms with van der Waals surface area (Å²) < 4.78 is 0. The van der Waals surface area contributed by atoms with Crippen molar-refractivity contribution in [2.75, 3.05) is 18.8 Å². The van der Waals surface area contributed by atoms with Crippen molar-refractivity contribution in [3.05, 3.63) is 23.4 Å². The number of likely N-dealkylation sites (tertiary alicyclic amines) is 1. The molecule has 2 heterocycles. The van der Waals surface area contributed by atoms with Crippen LogP contribution in [0.3, 0.4) is 0 Å². The Balaban J connectivity index is 1.79. The number of rotatable bonds is 3. The van der Waals surface area contributed by atoms with Crippen LogP contribution in [0.25, 0.3) is 10.9 Å². The Kier molecular flexibility index (Phi) is 4.79. The van der Waals surface area contributed by atoms with Crippen LogP contribution >= 0.6 is 0 Å². The number of pyridine rings is 1. The van der Waals surface area contributed by atoms with Crippen molar-refractivity contribution in [2.45, 2.75) is 56.9 Å². The van der Waals surface area contributed by atoms with Gasteiger partial charge >= 0.3 is 0 Å². The SMILES string of the molecule is N#CCCN1CCCCC1C1CCCc2nc3cc(O)c(O)cc3c(N)c21. The molecule has 2 unspecified atom stereocenters. The van der Waals surface area contributed by atoms with Gasteiger partial charge in [0.2, 0.25) is 0 Å². The van der Waals surface area contributed by atoms with E-state index in [1.807, 2.05) is 0 Å². The normalized spacial score (nSPS) is 23.1. The molecule has 0 spiro atoms. The number of hydrogen-bond donors (Lipinski definition) is 3. The Hall–Kier alpha value is -2.52. The Morgan fingerprint density at radius 3 is 2.81 bits per heavy atom. The maximum atomic E-state index is 9.93. The number of hydrogen-bond acceptors (Lipinski definition) is 6. The van der Waals surface area contributed by atoms with Gasteiger partial charge in [-0.1, -0.05) is 6.42 Å². The van der Waals surface area contributed by atoms with E-state index in [-0.39, 0.29) is 11.5 Å². The average molecular weight is 366 g/mol. The van der Waals surface area contributed by atoms with Crippen LogP contribution in [-0.4, -0.2) is 39.2 Å². The summed E-state index contributed by atoms with van der Waals surface area (Å²) in [6, 6.07) is 5.67. The second-order valence-corrected chi connectivity index (χ2v) is 7.75. The lowest BCUT2D eigenvalue weighted by Gasteiger charge is -2.42. The number of nitriles is 1. The largest absolute Gasteiger partial charge is 0.504 e. The molecule has 27 heavy (non-hydrogen) atoms. The number of phenols is 2. The predicted molar refractivity (Wildman–Crippen MR) is 105 cm³/mol. The van der Waals surface area contributed by atoms with Crippen LogP contribution in [0, 0.1) is 11.3 Å². The summed E-state index contributed by atoms with van der Waals surface area (Å²) >= 11 is 0. The van der Waals surface area contributed by atoms with E-state index in [0.29, 0.717) is 35.0 Å². The van der Waals surface area contributed by atoms with Crippen LogP contribution in [0.4, 0.5) is 5.69 Å². The summed E-state index contributed by atoms with van der Waals surface area (Å²) in [7, 11) is 0. The molecule has 2 atom stereocenters. The molecule has 2 aliphatic rings. The number of fused-ring (bicyclic) bond motifs is 2. The Morgan fingerprint density at radius 1 is 1.19 bits per heavy atom.